The summed E-state index contributed by atoms with van der Waals surface area (Å²) < 4.78 is 21.5. The lowest BCUT2D eigenvalue weighted by Crippen LogP contribution is -2.05. The monoisotopic (exact) mass is 153 g/mol. The highest BCUT2D eigenvalue weighted by Gasteiger charge is 2.11. The summed E-state index contributed by atoms with van der Waals surface area (Å²) in [5, 5.41) is 1.78. The molecule has 0 bridgehead atoms. The Morgan fingerprint density at radius 2 is 2.44 bits per heavy atom. The fourth-order valence-corrected chi connectivity index (χ4v) is 0.614. The second-order valence-corrected chi connectivity index (χ2v) is 2.75. The van der Waals surface area contributed by atoms with Gasteiger partial charge in [0.05, 0.1) is 0 Å². The van der Waals surface area contributed by atoms with Crippen LogP contribution < -0.4 is 5.09 Å². The van der Waals surface area contributed by atoms with E-state index in [1.165, 1.54) is 0 Å². The van der Waals surface area contributed by atoms with E-state index < -0.39 is 7.83 Å². The van der Waals surface area contributed by atoms with E-state index in [-0.39, 0.29) is 6.54 Å². The molecule has 0 spiro atoms. The van der Waals surface area contributed by atoms with Crippen molar-refractivity contribution in [2.75, 3.05) is 6.54 Å². The van der Waals surface area contributed by atoms with Gasteiger partial charge in [0.15, 0.2) is 0 Å². The Morgan fingerprint density at radius 3 is 2.78 bits per heavy atom. The lowest BCUT2D eigenvalue weighted by Gasteiger charge is -1.97. The first-order chi connectivity index (χ1) is 4.06. The van der Waals surface area contributed by atoms with Gasteiger partial charge < -0.3 is 4.89 Å². The van der Waals surface area contributed by atoms with Crippen molar-refractivity contribution < 1.29 is 13.7 Å². The van der Waals surface area contributed by atoms with Crippen LogP contribution in [0.3, 0.4) is 0 Å². The number of allylic oxidation sites excluding steroid dienone is 1. The summed E-state index contributed by atoms with van der Waals surface area (Å²) >= 11 is 0. The maximum atomic E-state index is 11.7. The Labute approximate surface area is 53.2 Å². The van der Waals surface area contributed by atoms with Gasteiger partial charge in [-0.25, -0.2) is 9.65 Å². The van der Waals surface area contributed by atoms with Gasteiger partial charge in [0.25, 0.3) is 0 Å². The smallest absolute Gasteiger partial charge is 0.309 e. The zero-order valence-electron chi connectivity index (χ0n) is 5.04. The van der Waals surface area contributed by atoms with E-state index in [0.29, 0.717) is 0 Å². The van der Waals surface area contributed by atoms with Gasteiger partial charge in [-0.15, -0.1) is 4.20 Å². The van der Waals surface area contributed by atoms with Gasteiger partial charge in [0.2, 0.25) is 0 Å². The van der Waals surface area contributed by atoms with Crippen molar-refractivity contribution in [3.05, 3.63) is 12.2 Å². The molecule has 1 unspecified atom stereocenters. The normalized spacial score (nSPS) is 18.1. The van der Waals surface area contributed by atoms with E-state index in [4.69, 9.17) is 4.89 Å². The fraction of sp³-hybridized carbons (Fsp3) is 0.500. The third-order valence-corrected chi connectivity index (χ3v) is 1.21. The molecule has 0 radical (unpaired) electrons. The minimum atomic E-state index is -4.50. The second-order valence-electron chi connectivity index (χ2n) is 1.43. The Balaban J connectivity index is 3.40. The molecule has 0 aromatic heterocycles. The first-order valence-corrected chi connectivity index (χ1v) is 4.00. The second kappa shape index (κ2) is 3.77. The summed E-state index contributed by atoms with van der Waals surface area (Å²) in [6.07, 6.45) is 3.20. The van der Waals surface area contributed by atoms with Crippen LogP contribution in [0.25, 0.3) is 0 Å². The fourth-order valence-electron chi connectivity index (χ4n) is 0.283. The van der Waals surface area contributed by atoms with Crippen molar-refractivity contribution in [1.82, 2.24) is 5.09 Å². The molecule has 9 heavy (non-hydrogen) atoms. The maximum Gasteiger partial charge on any atom is 0.440 e. The Morgan fingerprint density at radius 1 is 1.89 bits per heavy atom. The van der Waals surface area contributed by atoms with Gasteiger partial charge >= 0.3 is 7.83 Å². The first kappa shape index (κ1) is 8.82. The van der Waals surface area contributed by atoms with E-state index in [9.17, 15) is 8.76 Å². The molecule has 1 atom stereocenters. The lowest BCUT2D eigenvalue weighted by molar-refractivity contribution is 0.416. The summed E-state index contributed by atoms with van der Waals surface area (Å²) in [4.78, 5) is 7.99. The first-order valence-electron chi connectivity index (χ1n) is 2.45. The molecule has 5 heteroatoms. The highest BCUT2D eigenvalue weighted by atomic mass is 31.2. The van der Waals surface area contributed by atoms with Gasteiger partial charge in [0, 0.05) is 6.54 Å². The van der Waals surface area contributed by atoms with Crippen LogP contribution >= 0.6 is 7.83 Å². The molecule has 0 saturated heterocycles. The average Bonchev–Trinajstić information content (AvgIpc) is 1.63. The van der Waals surface area contributed by atoms with Crippen LogP contribution in [0.4, 0.5) is 4.20 Å². The van der Waals surface area contributed by atoms with Crippen LogP contribution in [-0.4, -0.2) is 11.4 Å². The summed E-state index contributed by atoms with van der Waals surface area (Å²) in [6, 6.07) is 0. The third kappa shape index (κ3) is 7.82. The van der Waals surface area contributed by atoms with E-state index >= 15 is 0 Å². The highest BCUT2D eigenvalue weighted by Crippen LogP contribution is 2.35. The molecule has 0 aromatic rings. The molecule has 0 heterocycles. The van der Waals surface area contributed by atoms with Crippen LogP contribution in [0.15, 0.2) is 12.2 Å². The number of rotatable bonds is 3. The van der Waals surface area contributed by atoms with E-state index in [1.807, 2.05) is 0 Å². The predicted octanol–water partition coefficient (Wildman–Crippen LogP) is 1.22. The number of halogens is 1. The van der Waals surface area contributed by atoms with Crippen molar-refractivity contribution in [1.29, 1.82) is 0 Å². The molecule has 0 aliphatic heterocycles. The minimum Gasteiger partial charge on any atom is -0.309 e. The van der Waals surface area contributed by atoms with E-state index in [2.05, 4.69) is 0 Å². The van der Waals surface area contributed by atoms with Crippen molar-refractivity contribution in [3.8, 4) is 0 Å². The van der Waals surface area contributed by atoms with E-state index in [1.54, 1.807) is 24.2 Å². The van der Waals surface area contributed by atoms with Crippen molar-refractivity contribution in [2.24, 2.45) is 0 Å². The molecule has 3 nitrogen and oxygen atoms in total. The Kier molecular flexibility index (Phi) is 3.70. The third-order valence-electron chi connectivity index (χ3n) is 0.640. The molecular weight excluding hydrogens is 144 g/mol. The minimum absolute atomic E-state index is 0.0841. The predicted molar refractivity (Wildman–Crippen MR) is 33.7 cm³/mol. The summed E-state index contributed by atoms with van der Waals surface area (Å²) in [6.45, 7) is 1.82. The SMILES string of the molecule is CC=CCNP(=O)(O)F. The average molecular weight is 153 g/mol. The van der Waals surface area contributed by atoms with Crippen LogP contribution in [0.5, 0.6) is 0 Å². The van der Waals surface area contributed by atoms with Gasteiger partial charge in [-0.1, -0.05) is 12.2 Å². The maximum absolute atomic E-state index is 11.7. The molecule has 0 aliphatic rings. The van der Waals surface area contributed by atoms with Crippen molar-refractivity contribution in [3.63, 3.8) is 0 Å². The largest absolute Gasteiger partial charge is 0.440 e. The lowest BCUT2D eigenvalue weighted by atomic mass is 10.5. The highest BCUT2D eigenvalue weighted by molar-refractivity contribution is 7.50. The number of hydrogen-bond donors (Lipinski definition) is 2. The molecule has 2 N–H and O–H groups in total. The van der Waals surface area contributed by atoms with Gasteiger partial charge in [0.1, 0.15) is 0 Å². The van der Waals surface area contributed by atoms with Crippen molar-refractivity contribution in [2.45, 2.75) is 6.92 Å². The molecule has 0 fully saturated rings. The van der Waals surface area contributed by atoms with Crippen LogP contribution in [0, 0.1) is 0 Å². The van der Waals surface area contributed by atoms with Crippen molar-refractivity contribution >= 4 is 7.83 Å². The Bertz CT molecular complexity index is 142. The van der Waals surface area contributed by atoms with Crippen LogP contribution in [0.2, 0.25) is 0 Å². The van der Waals surface area contributed by atoms with Gasteiger partial charge in [-0.2, -0.15) is 0 Å². The zero-order chi connectivity index (χ0) is 7.33. The molecule has 54 valence electrons. The van der Waals surface area contributed by atoms with E-state index in [0.717, 1.165) is 0 Å². The van der Waals surface area contributed by atoms with Crippen LogP contribution in [0.1, 0.15) is 6.92 Å². The molecule has 0 aliphatic carbocycles. The quantitative estimate of drug-likeness (QED) is 0.473. The Hall–Kier alpha value is -0.180. The number of nitrogens with one attached hydrogen (secondary N) is 1. The molecule has 0 aromatic carbocycles. The molecule has 0 rings (SSSR count). The molecular formula is C4H9FNO2P. The number of hydrogen-bond acceptors (Lipinski definition) is 1. The zero-order valence-corrected chi connectivity index (χ0v) is 5.94. The standard InChI is InChI=1S/C4H9FNO2P/c1-2-3-4-6-9(5,7)8/h2-3H,4H2,1H3,(H2,6,7,8). The van der Waals surface area contributed by atoms with Gasteiger partial charge in [-0.3, -0.25) is 0 Å². The van der Waals surface area contributed by atoms with Gasteiger partial charge in [-0.05, 0) is 6.92 Å². The molecule has 0 amide bonds. The summed E-state index contributed by atoms with van der Waals surface area (Å²) in [5.41, 5.74) is 0. The summed E-state index contributed by atoms with van der Waals surface area (Å²) in [7, 11) is -4.50. The molecule has 0 saturated carbocycles. The van der Waals surface area contributed by atoms with Crippen LogP contribution in [-0.2, 0) is 4.57 Å². The summed E-state index contributed by atoms with van der Waals surface area (Å²) in [5.74, 6) is 0. The topological polar surface area (TPSA) is 49.3 Å².